The van der Waals surface area contributed by atoms with Crippen LogP contribution in [0.3, 0.4) is 0 Å². The molecule has 0 saturated heterocycles. The predicted molar refractivity (Wildman–Crippen MR) is 70.4 cm³/mol. The summed E-state index contributed by atoms with van der Waals surface area (Å²) >= 11 is 0. The van der Waals surface area contributed by atoms with Crippen LogP contribution in [-0.4, -0.2) is 27.6 Å². The van der Waals surface area contributed by atoms with Gasteiger partial charge in [0, 0.05) is 12.1 Å². The monoisotopic (exact) mass is 250 g/mol. The molecule has 0 aliphatic rings. The van der Waals surface area contributed by atoms with Gasteiger partial charge in [0.05, 0.1) is 26.9 Å². The second kappa shape index (κ2) is 6.69. The molecule has 0 heterocycles. The molecule has 1 aromatic carbocycles. The third-order valence-electron chi connectivity index (χ3n) is 2.64. The van der Waals surface area contributed by atoms with Crippen molar-refractivity contribution in [1.82, 2.24) is 0 Å². The fourth-order valence-electron chi connectivity index (χ4n) is 1.58. The maximum atomic E-state index is 10.9. The molecule has 0 fully saturated rings. The fourth-order valence-corrected chi connectivity index (χ4v) is 1.58. The Balaban J connectivity index is 3.39. The van der Waals surface area contributed by atoms with E-state index in [0.29, 0.717) is 29.2 Å². The fraction of sp³-hybridized carbons (Fsp3) is 0.357. The number of ether oxygens (including phenoxy) is 3. The molecule has 0 atom stereocenters. The van der Waals surface area contributed by atoms with Crippen LogP contribution in [0.5, 0.6) is 17.2 Å². The second-order valence-electron chi connectivity index (χ2n) is 3.64. The molecule has 0 radical (unpaired) electrons. The molecule has 0 bridgehead atoms. The van der Waals surface area contributed by atoms with Crippen LogP contribution in [-0.2, 0) is 4.79 Å². The number of methoxy groups -OCH3 is 3. The van der Waals surface area contributed by atoms with E-state index in [1.165, 1.54) is 0 Å². The number of hydrogen-bond donors (Lipinski definition) is 0. The van der Waals surface area contributed by atoms with Crippen molar-refractivity contribution in [2.75, 3.05) is 21.3 Å². The summed E-state index contributed by atoms with van der Waals surface area (Å²) in [7, 11) is 4.71. The number of aldehydes is 1. The molecule has 98 valence electrons. The van der Waals surface area contributed by atoms with Crippen LogP contribution in [0.4, 0.5) is 0 Å². The van der Waals surface area contributed by atoms with E-state index in [0.717, 1.165) is 11.8 Å². The molecule has 0 unspecified atom stereocenters. The highest BCUT2D eigenvalue weighted by molar-refractivity contribution is 5.84. The third kappa shape index (κ3) is 3.03. The zero-order valence-corrected chi connectivity index (χ0v) is 11.1. The first-order valence-electron chi connectivity index (χ1n) is 5.65. The SMILES string of the molecule is CCC(C=O)=Cc1c(OC)cc(OC)cc1OC. The van der Waals surface area contributed by atoms with Gasteiger partial charge in [-0.15, -0.1) is 0 Å². The van der Waals surface area contributed by atoms with E-state index >= 15 is 0 Å². The van der Waals surface area contributed by atoms with Crippen molar-refractivity contribution in [3.8, 4) is 17.2 Å². The average Bonchev–Trinajstić information content (AvgIpc) is 2.43. The van der Waals surface area contributed by atoms with E-state index in [-0.39, 0.29) is 0 Å². The van der Waals surface area contributed by atoms with Gasteiger partial charge >= 0.3 is 0 Å². The first-order valence-corrected chi connectivity index (χ1v) is 5.65. The first-order chi connectivity index (χ1) is 8.69. The van der Waals surface area contributed by atoms with Crippen LogP contribution >= 0.6 is 0 Å². The van der Waals surface area contributed by atoms with Crippen molar-refractivity contribution in [2.45, 2.75) is 13.3 Å². The highest BCUT2D eigenvalue weighted by Gasteiger charge is 2.11. The molecule has 0 N–H and O–H groups in total. The summed E-state index contributed by atoms with van der Waals surface area (Å²) < 4.78 is 15.8. The van der Waals surface area contributed by atoms with Crippen LogP contribution in [0.15, 0.2) is 17.7 Å². The molecular formula is C14H18O4. The van der Waals surface area contributed by atoms with Crippen molar-refractivity contribution in [3.05, 3.63) is 23.3 Å². The van der Waals surface area contributed by atoms with Gasteiger partial charge in [-0.2, -0.15) is 0 Å². The topological polar surface area (TPSA) is 44.8 Å². The Morgan fingerprint density at radius 3 is 2.00 bits per heavy atom. The molecule has 0 spiro atoms. The van der Waals surface area contributed by atoms with Crippen molar-refractivity contribution in [3.63, 3.8) is 0 Å². The lowest BCUT2D eigenvalue weighted by atomic mass is 10.1. The van der Waals surface area contributed by atoms with Gasteiger partial charge < -0.3 is 14.2 Å². The van der Waals surface area contributed by atoms with Crippen molar-refractivity contribution < 1.29 is 19.0 Å². The standard InChI is InChI=1S/C14H18O4/c1-5-10(9-15)6-12-13(17-3)7-11(16-2)8-14(12)18-4/h6-9H,5H2,1-4H3. The lowest BCUT2D eigenvalue weighted by molar-refractivity contribution is -0.104. The molecule has 0 aliphatic carbocycles. The largest absolute Gasteiger partial charge is 0.496 e. The lowest BCUT2D eigenvalue weighted by Crippen LogP contribution is -1.96. The normalized spacial score (nSPS) is 11.0. The zero-order chi connectivity index (χ0) is 13.5. The minimum atomic E-state index is 0.610. The highest BCUT2D eigenvalue weighted by atomic mass is 16.5. The van der Waals surface area contributed by atoms with Gasteiger partial charge in [-0.25, -0.2) is 0 Å². The summed E-state index contributed by atoms with van der Waals surface area (Å²) in [5.41, 5.74) is 1.42. The van der Waals surface area contributed by atoms with Crippen LogP contribution in [0, 0.1) is 0 Å². The second-order valence-corrected chi connectivity index (χ2v) is 3.64. The minimum absolute atomic E-state index is 0.610. The molecule has 1 aromatic rings. The zero-order valence-electron chi connectivity index (χ0n) is 11.1. The average molecular weight is 250 g/mol. The quantitative estimate of drug-likeness (QED) is 0.575. The number of carbonyl (C=O) groups is 1. The number of allylic oxidation sites excluding steroid dienone is 1. The Labute approximate surface area is 107 Å². The molecule has 0 amide bonds. The summed E-state index contributed by atoms with van der Waals surface area (Å²) in [6.45, 7) is 1.92. The molecule has 0 aromatic heterocycles. The Bertz CT molecular complexity index is 424. The van der Waals surface area contributed by atoms with Crippen LogP contribution < -0.4 is 14.2 Å². The van der Waals surface area contributed by atoms with Crippen LogP contribution in [0.1, 0.15) is 18.9 Å². The van der Waals surface area contributed by atoms with Crippen molar-refractivity contribution in [1.29, 1.82) is 0 Å². The predicted octanol–water partition coefficient (Wildman–Crippen LogP) is 2.70. The molecule has 18 heavy (non-hydrogen) atoms. The molecule has 4 heteroatoms. The summed E-state index contributed by atoms with van der Waals surface area (Å²) in [5, 5.41) is 0. The van der Waals surface area contributed by atoms with E-state index < -0.39 is 0 Å². The molecular weight excluding hydrogens is 232 g/mol. The smallest absolute Gasteiger partial charge is 0.146 e. The van der Waals surface area contributed by atoms with Gasteiger partial charge in [-0.1, -0.05) is 6.92 Å². The first kappa shape index (κ1) is 14.1. The van der Waals surface area contributed by atoms with Gasteiger partial charge in [0.15, 0.2) is 0 Å². The van der Waals surface area contributed by atoms with E-state index in [4.69, 9.17) is 14.2 Å². The Hall–Kier alpha value is -1.97. The number of benzene rings is 1. The van der Waals surface area contributed by atoms with Gasteiger partial charge in [0.1, 0.15) is 23.5 Å². The van der Waals surface area contributed by atoms with Crippen LogP contribution in [0.2, 0.25) is 0 Å². The van der Waals surface area contributed by atoms with Crippen molar-refractivity contribution in [2.24, 2.45) is 0 Å². The van der Waals surface area contributed by atoms with Gasteiger partial charge in [-0.3, -0.25) is 4.79 Å². The lowest BCUT2D eigenvalue weighted by Gasteiger charge is -2.13. The van der Waals surface area contributed by atoms with Gasteiger partial charge in [0.25, 0.3) is 0 Å². The Kier molecular flexibility index (Phi) is 5.24. The highest BCUT2D eigenvalue weighted by Crippen LogP contribution is 2.35. The maximum Gasteiger partial charge on any atom is 0.146 e. The Morgan fingerprint density at radius 2 is 1.67 bits per heavy atom. The summed E-state index contributed by atoms with van der Waals surface area (Å²) in [6, 6.07) is 3.51. The minimum Gasteiger partial charge on any atom is -0.496 e. The van der Waals surface area contributed by atoms with Crippen molar-refractivity contribution >= 4 is 12.4 Å². The molecule has 0 saturated carbocycles. The van der Waals surface area contributed by atoms with Gasteiger partial charge in [-0.05, 0) is 18.1 Å². The van der Waals surface area contributed by atoms with E-state index in [2.05, 4.69) is 0 Å². The third-order valence-corrected chi connectivity index (χ3v) is 2.64. The Morgan fingerprint density at radius 1 is 1.11 bits per heavy atom. The maximum absolute atomic E-state index is 10.9. The molecule has 0 aliphatic heterocycles. The molecule has 4 nitrogen and oxygen atoms in total. The van der Waals surface area contributed by atoms with E-state index in [1.54, 1.807) is 39.5 Å². The number of hydrogen-bond acceptors (Lipinski definition) is 4. The summed E-state index contributed by atoms with van der Waals surface area (Å²) in [5.74, 6) is 1.86. The molecule has 1 rings (SSSR count). The summed E-state index contributed by atoms with van der Waals surface area (Å²) in [4.78, 5) is 10.9. The van der Waals surface area contributed by atoms with E-state index in [1.807, 2.05) is 6.92 Å². The van der Waals surface area contributed by atoms with E-state index in [9.17, 15) is 4.79 Å². The summed E-state index contributed by atoms with van der Waals surface area (Å²) in [6.07, 6.45) is 3.26. The number of carbonyl (C=O) groups excluding carboxylic acids is 1. The van der Waals surface area contributed by atoms with Crippen LogP contribution in [0.25, 0.3) is 6.08 Å². The number of rotatable bonds is 6. The van der Waals surface area contributed by atoms with Gasteiger partial charge in [0.2, 0.25) is 0 Å².